The highest BCUT2D eigenvalue weighted by molar-refractivity contribution is 7.89. The van der Waals surface area contributed by atoms with Gasteiger partial charge in [0.25, 0.3) is 10.0 Å². The molecule has 1 aromatic heterocycles. The molecule has 0 spiro atoms. The third-order valence-electron chi connectivity index (χ3n) is 3.61. The van der Waals surface area contributed by atoms with E-state index in [1.807, 2.05) is 6.92 Å². The van der Waals surface area contributed by atoms with Crippen molar-refractivity contribution < 1.29 is 13.5 Å². The fraction of sp³-hybridized carbons (Fsp3) is 0.750. The SMILES string of the molecule is CCc1ncc(S(=O)(=O)NCC2(O)CCCCC2)[nH]1. The van der Waals surface area contributed by atoms with E-state index in [9.17, 15) is 13.5 Å². The van der Waals surface area contributed by atoms with Gasteiger partial charge in [-0.2, -0.15) is 0 Å². The number of rotatable bonds is 5. The molecule has 0 aliphatic heterocycles. The third kappa shape index (κ3) is 3.55. The lowest BCUT2D eigenvalue weighted by Gasteiger charge is -2.31. The minimum atomic E-state index is -3.62. The molecule has 0 atom stereocenters. The second-order valence-corrected chi connectivity index (χ2v) is 6.89. The van der Waals surface area contributed by atoms with Crippen LogP contribution < -0.4 is 4.72 Å². The second-order valence-electron chi connectivity index (χ2n) is 5.16. The monoisotopic (exact) mass is 287 g/mol. The molecule has 3 N–H and O–H groups in total. The van der Waals surface area contributed by atoms with E-state index >= 15 is 0 Å². The Hall–Kier alpha value is -0.920. The molecule has 1 heterocycles. The van der Waals surface area contributed by atoms with Gasteiger partial charge in [0, 0.05) is 13.0 Å². The molecule has 0 saturated heterocycles. The summed E-state index contributed by atoms with van der Waals surface area (Å²) in [7, 11) is -3.62. The van der Waals surface area contributed by atoms with Gasteiger partial charge in [-0.25, -0.2) is 18.1 Å². The molecule has 0 amide bonds. The minimum Gasteiger partial charge on any atom is -0.389 e. The lowest BCUT2D eigenvalue weighted by Crippen LogP contribution is -2.44. The van der Waals surface area contributed by atoms with Crippen LogP contribution >= 0.6 is 0 Å². The van der Waals surface area contributed by atoms with Crippen LogP contribution in [0, 0.1) is 0 Å². The van der Waals surface area contributed by atoms with E-state index in [0.717, 1.165) is 19.3 Å². The van der Waals surface area contributed by atoms with Crippen molar-refractivity contribution >= 4 is 10.0 Å². The highest BCUT2D eigenvalue weighted by atomic mass is 32.2. The van der Waals surface area contributed by atoms with Crippen LogP contribution in [0.4, 0.5) is 0 Å². The van der Waals surface area contributed by atoms with Gasteiger partial charge >= 0.3 is 0 Å². The molecule has 108 valence electrons. The van der Waals surface area contributed by atoms with Crippen LogP contribution in [0.5, 0.6) is 0 Å². The molecule has 6 nitrogen and oxygen atoms in total. The van der Waals surface area contributed by atoms with Crippen molar-refractivity contribution in [1.29, 1.82) is 0 Å². The smallest absolute Gasteiger partial charge is 0.257 e. The molecule has 19 heavy (non-hydrogen) atoms. The quantitative estimate of drug-likeness (QED) is 0.751. The standard InChI is InChI=1S/C12H21N3O3S/c1-2-10-13-8-11(15-10)19(17,18)14-9-12(16)6-4-3-5-7-12/h8,14,16H,2-7,9H2,1H3,(H,13,15). The summed E-state index contributed by atoms with van der Waals surface area (Å²) in [5.41, 5.74) is -0.904. The van der Waals surface area contributed by atoms with Crippen molar-refractivity contribution in [3.05, 3.63) is 12.0 Å². The van der Waals surface area contributed by atoms with Gasteiger partial charge in [0.05, 0.1) is 11.8 Å². The summed E-state index contributed by atoms with van der Waals surface area (Å²) in [4.78, 5) is 6.74. The molecular formula is C12H21N3O3S. The zero-order chi connectivity index (χ0) is 13.9. The van der Waals surface area contributed by atoms with Crippen molar-refractivity contribution in [3.63, 3.8) is 0 Å². The van der Waals surface area contributed by atoms with Gasteiger partial charge in [-0.05, 0) is 12.8 Å². The number of nitrogens with zero attached hydrogens (tertiary/aromatic N) is 1. The molecule has 0 unspecified atom stereocenters. The fourth-order valence-electron chi connectivity index (χ4n) is 2.35. The van der Waals surface area contributed by atoms with Crippen LogP contribution in [-0.4, -0.2) is 35.6 Å². The van der Waals surface area contributed by atoms with E-state index < -0.39 is 15.6 Å². The van der Waals surface area contributed by atoms with Crippen molar-refractivity contribution in [2.24, 2.45) is 0 Å². The summed E-state index contributed by atoms with van der Waals surface area (Å²) >= 11 is 0. The van der Waals surface area contributed by atoms with Crippen LogP contribution in [0.15, 0.2) is 11.2 Å². The van der Waals surface area contributed by atoms with Crippen LogP contribution in [0.3, 0.4) is 0 Å². The van der Waals surface area contributed by atoms with Gasteiger partial charge in [0.2, 0.25) is 0 Å². The van der Waals surface area contributed by atoms with Crippen LogP contribution in [0.25, 0.3) is 0 Å². The molecule has 1 aromatic rings. The fourth-order valence-corrected chi connectivity index (χ4v) is 3.41. The van der Waals surface area contributed by atoms with Crippen molar-refractivity contribution in [2.75, 3.05) is 6.54 Å². The predicted molar refractivity (Wildman–Crippen MR) is 71.2 cm³/mol. The molecule has 1 fully saturated rings. The molecule has 0 bridgehead atoms. The van der Waals surface area contributed by atoms with Gasteiger partial charge in [-0.1, -0.05) is 26.2 Å². The highest BCUT2D eigenvalue weighted by Crippen LogP contribution is 2.27. The van der Waals surface area contributed by atoms with E-state index in [1.165, 1.54) is 6.20 Å². The first kappa shape index (κ1) is 14.5. The summed E-state index contributed by atoms with van der Waals surface area (Å²) in [5, 5.41) is 10.3. The van der Waals surface area contributed by atoms with Gasteiger partial charge < -0.3 is 10.1 Å². The molecule has 1 aliphatic carbocycles. The number of sulfonamides is 1. The third-order valence-corrected chi connectivity index (χ3v) is 4.92. The van der Waals surface area contributed by atoms with Gasteiger partial charge in [0.15, 0.2) is 5.03 Å². The van der Waals surface area contributed by atoms with E-state index in [4.69, 9.17) is 0 Å². The molecular weight excluding hydrogens is 266 g/mol. The number of aliphatic hydroxyl groups is 1. The molecule has 1 saturated carbocycles. The topological polar surface area (TPSA) is 95.1 Å². The van der Waals surface area contributed by atoms with Crippen LogP contribution in [0.1, 0.15) is 44.9 Å². The first-order valence-electron chi connectivity index (χ1n) is 6.71. The largest absolute Gasteiger partial charge is 0.389 e. The minimum absolute atomic E-state index is 0.0590. The summed E-state index contributed by atoms with van der Waals surface area (Å²) in [5.74, 6) is 0.636. The average molecular weight is 287 g/mol. The number of aromatic amines is 1. The first-order valence-corrected chi connectivity index (χ1v) is 8.19. The Morgan fingerprint density at radius 1 is 1.42 bits per heavy atom. The van der Waals surface area contributed by atoms with Gasteiger partial charge in [-0.15, -0.1) is 0 Å². The van der Waals surface area contributed by atoms with Crippen molar-refractivity contribution in [2.45, 2.75) is 56.1 Å². The maximum absolute atomic E-state index is 12.1. The number of imidazole rings is 1. The van der Waals surface area contributed by atoms with Crippen molar-refractivity contribution in [3.8, 4) is 0 Å². The summed E-state index contributed by atoms with van der Waals surface area (Å²) in [6.45, 7) is 1.96. The maximum atomic E-state index is 12.1. The molecule has 1 aliphatic rings. The Balaban J connectivity index is 2.01. The van der Waals surface area contributed by atoms with Crippen LogP contribution in [-0.2, 0) is 16.4 Å². The molecule has 7 heteroatoms. The number of aryl methyl sites for hydroxylation is 1. The van der Waals surface area contributed by atoms with Crippen molar-refractivity contribution in [1.82, 2.24) is 14.7 Å². The summed E-state index contributed by atoms with van der Waals surface area (Å²) in [6.07, 6.45) is 6.27. The first-order chi connectivity index (χ1) is 8.95. The Morgan fingerprint density at radius 2 is 2.11 bits per heavy atom. The number of hydrogen-bond acceptors (Lipinski definition) is 4. The summed E-state index contributed by atoms with van der Waals surface area (Å²) < 4.78 is 26.6. The number of nitrogens with one attached hydrogen (secondary N) is 2. The summed E-state index contributed by atoms with van der Waals surface area (Å²) in [6, 6.07) is 0. The molecule has 0 aromatic carbocycles. The maximum Gasteiger partial charge on any atom is 0.257 e. The Kier molecular flexibility index (Phi) is 4.27. The van der Waals surface area contributed by atoms with E-state index in [2.05, 4.69) is 14.7 Å². The Labute approximate surface area is 113 Å². The second kappa shape index (κ2) is 5.60. The lowest BCUT2D eigenvalue weighted by molar-refractivity contribution is 0.00944. The number of aromatic nitrogens is 2. The van der Waals surface area contributed by atoms with Gasteiger partial charge in [-0.3, -0.25) is 0 Å². The van der Waals surface area contributed by atoms with E-state index in [-0.39, 0.29) is 11.6 Å². The lowest BCUT2D eigenvalue weighted by atomic mass is 9.85. The Morgan fingerprint density at radius 3 is 2.68 bits per heavy atom. The average Bonchev–Trinajstić information content (AvgIpc) is 2.87. The predicted octanol–water partition coefficient (Wildman–Crippen LogP) is 0.946. The van der Waals surface area contributed by atoms with E-state index in [1.54, 1.807) is 0 Å². The Bertz CT molecular complexity index is 518. The molecule has 0 radical (unpaired) electrons. The number of H-pyrrole nitrogens is 1. The molecule has 2 rings (SSSR count). The normalized spacial score (nSPS) is 19.5. The zero-order valence-electron chi connectivity index (χ0n) is 11.1. The number of hydrogen-bond donors (Lipinski definition) is 3. The van der Waals surface area contributed by atoms with E-state index in [0.29, 0.717) is 25.1 Å². The zero-order valence-corrected chi connectivity index (χ0v) is 12.0. The highest BCUT2D eigenvalue weighted by Gasteiger charge is 2.31. The van der Waals surface area contributed by atoms with Gasteiger partial charge in [0.1, 0.15) is 5.82 Å². The van der Waals surface area contributed by atoms with Crippen LogP contribution in [0.2, 0.25) is 0 Å².